The zero-order valence-corrected chi connectivity index (χ0v) is 19.9. The molecule has 11 nitrogen and oxygen atoms in total. The number of amides is 1. The molecule has 2 aliphatic rings. The molecule has 186 valence electrons. The number of anilines is 3. The highest BCUT2D eigenvalue weighted by molar-refractivity contribution is 6.00. The van der Waals surface area contributed by atoms with Gasteiger partial charge in [-0.2, -0.15) is 9.61 Å². The van der Waals surface area contributed by atoms with E-state index in [1.807, 2.05) is 0 Å². The van der Waals surface area contributed by atoms with E-state index in [9.17, 15) is 14.7 Å². The zero-order chi connectivity index (χ0) is 24.5. The minimum Gasteiger partial charge on any atom is -0.391 e. The molecule has 0 saturated heterocycles. The number of methoxy groups -OCH3 is 1. The summed E-state index contributed by atoms with van der Waals surface area (Å²) in [5.41, 5.74) is 0.832. The number of rotatable bonds is 7. The molecule has 0 bridgehead atoms. The lowest BCUT2D eigenvalue weighted by Gasteiger charge is -2.34. The van der Waals surface area contributed by atoms with Crippen molar-refractivity contribution in [2.24, 2.45) is 0 Å². The van der Waals surface area contributed by atoms with E-state index in [2.05, 4.69) is 26.0 Å². The van der Waals surface area contributed by atoms with Crippen LogP contribution >= 0.6 is 0 Å². The molecule has 4 atom stereocenters. The number of ether oxygens (including phenoxy) is 1. The Hall–Kier alpha value is -3.44. The van der Waals surface area contributed by atoms with Crippen molar-refractivity contribution < 1.29 is 14.6 Å². The molecule has 1 amide bonds. The van der Waals surface area contributed by atoms with Gasteiger partial charge < -0.3 is 30.4 Å². The zero-order valence-electron chi connectivity index (χ0n) is 19.9. The summed E-state index contributed by atoms with van der Waals surface area (Å²) in [4.78, 5) is 30.8. The fraction of sp³-hybridized carbons (Fsp3) is 0.500. The quantitative estimate of drug-likeness (QED) is 0.403. The third-order valence-corrected chi connectivity index (χ3v) is 7.06. The molecule has 35 heavy (non-hydrogen) atoms. The summed E-state index contributed by atoms with van der Waals surface area (Å²) in [7, 11) is 3.45. The summed E-state index contributed by atoms with van der Waals surface area (Å²) < 4.78 is 8.60. The Morgan fingerprint density at radius 2 is 2.11 bits per heavy atom. The van der Waals surface area contributed by atoms with Gasteiger partial charge in [-0.25, -0.2) is 4.98 Å². The first-order valence-corrected chi connectivity index (χ1v) is 12.0. The predicted molar refractivity (Wildman–Crippen MR) is 131 cm³/mol. The van der Waals surface area contributed by atoms with Crippen molar-refractivity contribution in [1.29, 1.82) is 0 Å². The summed E-state index contributed by atoms with van der Waals surface area (Å²) in [5.74, 6) is 0.770. The summed E-state index contributed by atoms with van der Waals surface area (Å²) >= 11 is 0. The largest absolute Gasteiger partial charge is 0.391 e. The monoisotopic (exact) mass is 481 g/mol. The number of aliphatic hydroxyl groups is 1. The van der Waals surface area contributed by atoms with E-state index < -0.39 is 6.10 Å². The molecule has 0 spiro atoms. The van der Waals surface area contributed by atoms with E-state index in [0.717, 1.165) is 32.1 Å². The Labute approximate surface area is 202 Å². The lowest BCUT2D eigenvalue weighted by molar-refractivity contribution is 0.0300. The van der Waals surface area contributed by atoms with Gasteiger partial charge in [0.25, 0.3) is 11.5 Å². The molecule has 4 N–H and O–H groups in total. The van der Waals surface area contributed by atoms with Crippen molar-refractivity contribution in [3.63, 3.8) is 0 Å². The molecule has 5 rings (SSSR count). The smallest absolute Gasteiger partial charge is 0.274 e. The van der Waals surface area contributed by atoms with Gasteiger partial charge in [0.05, 0.1) is 24.4 Å². The fourth-order valence-electron chi connectivity index (χ4n) is 4.91. The highest BCUT2D eigenvalue weighted by Crippen LogP contribution is 2.31. The van der Waals surface area contributed by atoms with Crippen LogP contribution in [0, 0.1) is 0 Å². The topological polar surface area (TPSA) is 135 Å². The number of aromatic nitrogens is 4. The van der Waals surface area contributed by atoms with Crippen LogP contribution in [0.4, 0.5) is 17.3 Å². The van der Waals surface area contributed by atoms with E-state index in [1.165, 1.54) is 6.20 Å². The van der Waals surface area contributed by atoms with Gasteiger partial charge in [-0.05, 0) is 50.7 Å². The molecule has 1 unspecified atom stereocenters. The number of aliphatic hydroxyl groups excluding tert-OH is 1. The van der Waals surface area contributed by atoms with Crippen LogP contribution in [-0.4, -0.2) is 62.6 Å². The Morgan fingerprint density at radius 1 is 1.26 bits per heavy atom. The van der Waals surface area contributed by atoms with Crippen LogP contribution in [0.15, 0.2) is 35.4 Å². The number of carbonyl (C=O) groups excluding carboxylic acids is 1. The highest BCUT2D eigenvalue weighted by atomic mass is 16.5. The van der Waals surface area contributed by atoms with Crippen molar-refractivity contribution in [2.45, 2.75) is 62.8 Å². The second-order valence-electron chi connectivity index (χ2n) is 9.24. The van der Waals surface area contributed by atoms with Crippen molar-refractivity contribution in [2.75, 3.05) is 24.8 Å². The van der Waals surface area contributed by atoms with Gasteiger partial charge in [0, 0.05) is 32.5 Å². The van der Waals surface area contributed by atoms with Crippen molar-refractivity contribution in [3.8, 4) is 0 Å². The maximum Gasteiger partial charge on any atom is 0.274 e. The minimum absolute atomic E-state index is 0.0332. The SMILES string of the molecule is CNc1cc(Nc2cccn(C3CC[C@@H]3O)c2=O)nc2c(C(=O)N[C@@H]3CCC[C@@H](OC)C3)cnn12. The van der Waals surface area contributed by atoms with Crippen LogP contribution < -0.4 is 21.5 Å². The van der Waals surface area contributed by atoms with Crippen molar-refractivity contribution >= 4 is 28.9 Å². The van der Waals surface area contributed by atoms with Crippen LogP contribution in [0.2, 0.25) is 0 Å². The molecule has 0 aliphatic heterocycles. The number of carbonyl (C=O) groups is 1. The third-order valence-electron chi connectivity index (χ3n) is 7.06. The molecule has 2 aliphatic carbocycles. The number of hydrogen-bond acceptors (Lipinski definition) is 8. The van der Waals surface area contributed by atoms with E-state index >= 15 is 0 Å². The number of nitrogens with one attached hydrogen (secondary N) is 3. The molecule has 2 fully saturated rings. The summed E-state index contributed by atoms with van der Waals surface area (Å²) in [6.45, 7) is 0. The number of hydrogen-bond donors (Lipinski definition) is 4. The van der Waals surface area contributed by atoms with Gasteiger partial charge in [0.1, 0.15) is 22.9 Å². The van der Waals surface area contributed by atoms with Gasteiger partial charge in [-0.15, -0.1) is 0 Å². The number of pyridine rings is 1. The van der Waals surface area contributed by atoms with Gasteiger partial charge in [0.2, 0.25) is 0 Å². The van der Waals surface area contributed by atoms with Crippen LogP contribution in [-0.2, 0) is 4.74 Å². The first-order chi connectivity index (χ1) is 17.0. The minimum atomic E-state index is -0.510. The molecular formula is C24H31N7O4. The highest BCUT2D eigenvalue weighted by Gasteiger charge is 2.31. The number of nitrogens with zero attached hydrogens (tertiary/aromatic N) is 4. The van der Waals surface area contributed by atoms with Gasteiger partial charge in [0.15, 0.2) is 5.65 Å². The maximum absolute atomic E-state index is 13.1. The van der Waals surface area contributed by atoms with E-state index in [4.69, 9.17) is 4.74 Å². The van der Waals surface area contributed by atoms with Crippen LogP contribution in [0.1, 0.15) is 54.9 Å². The summed E-state index contributed by atoms with van der Waals surface area (Å²) in [6, 6.07) is 4.98. The lowest BCUT2D eigenvalue weighted by atomic mass is 9.89. The average Bonchev–Trinajstić information content (AvgIpc) is 3.29. The molecular weight excluding hydrogens is 450 g/mol. The average molecular weight is 482 g/mol. The van der Waals surface area contributed by atoms with Crippen LogP contribution in [0.25, 0.3) is 5.65 Å². The molecule has 11 heteroatoms. The fourth-order valence-corrected chi connectivity index (χ4v) is 4.91. The molecule has 3 heterocycles. The molecule has 0 aromatic carbocycles. The normalized spacial score (nSPS) is 24.1. The molecule has 2 saturated carbocycles. The van der Waals surface area contributed by atoms with Crippen LogP contribution in [0.5, 0.6) is 0 Å². The first-order valence-electron chi connectivity index (χ1n) is 12.0. The lowest BCUT2D eigenvalue weighted by Crippen LogP contribution is -2.40. The molecule has 3 aromatic heterocycles. The van der Waals surface area contributed by atoms with Crippen molar-refractivity contribution in [3.05, 3.63) is 46.5 Å². The van der Waals surface area contributed by atoms with Gasteiger partial charge >= 0.3 is 0 Å². The Balaban J connectivity index is 1.43. The Morgan fingerprint density at radius 3 is 2.83 bits per heavy atom. The van der Waals surface area contributed by atoms with Gasteiger partial charge in [-0.3, -0.25) is 9.59 Å². The first kappa shape index (κ1) is 23.3. The number of fused-ring (bicyclic) bond motifs is 1. The van der Waals surface area contributed by atoms with E-state index in [0.29, 0.717) is 35.0 Å². The van der Waals surface area contributed by atoms with Crippen LogP contribution in [0.3, 0.4) is 0 Å². The Bertz CT molecular complexity index is 1290. The Kier molecular flexibility index (Phi) is 6.44. The second-order valence-corrected chi connectivity index (χ2v) is 9.24. The summed E-state index contributed by atoms with van der Waals surface area (Å²) in [6.07, 6.45) is 7.98. The predicted octanol–water partition coefficient (Wildman–Crippen LogP) is 2.06. The van der Waals surface area contributed by atoms with E-state index in [1.54, 1.807) is 47.6 Å². The molecule has 0 radical (unpaired) electrons. The van der Waals surface area contributed by atoms with E-state index in [-0.39, 0.29) is 29.7 Å². The third kappa shape index (κ3) is 4.48. The van der Waals surface area contributed by atoms with Gasteiger partial charge in [-0.1, -0.05) is 0 Å². The van der Waals surface area contributed by atoms with Crippen molar-refractivity contribution in [1.82, 2.24) is 24.5 Å². The maximum atomic E-state index is 13.1. The standard InChI is InChI=1S/C24H31N7O4/c1-25-21-12-20(28-17-7-4-10-30(24(17)34)18-8-9-19(18)32)29-22-16(13-26-31(21)22)23(33)27-14-5-3-6-15(11-14)35-2/h4,7,10,12-15,18-19,25,32H,3,5-6,8-9,11H2,1-2H3,(H,27,33)(H,28,29)/t14-,15-,18?,19+/m1/s1. The molecule has 3 aromatic rings. The summed E-state index contributed by atoms with van der Waals surface area (Å²) in [5, 5.41) is 23.6. The second kappa shape index (κ2) is 9.67.